The molecule has 3 aromatic carbocycles. The zero-order valence-electron chi connectivity index (χ0n) is 26.1. The Hall–Kier alpha value is -2.36. The fourth-order valence-electron chi connectivity index (χ4n) is 5.51. The molecule has 2 heterocycles. The summed E-state index contributed by atoms with van der Waals surface area (Å²) in [5.74, 6) is -1.84. The smallest absolute Gasteiger partial charge is 0.222 e. The van der Waals surface area contributed by atoms with E-state index in [0.717, 1.165) is 22.3 Å². The van der Waals surface area contributed by atoms with E-state index in [0.29, 0.717) is 26.4 Å². The lowest BCUT2D eigenvalue weighted by Crippen LogP contribution is -2.47. The van der Waals surface area contributed by atoms with Gasteiger partial charge >= 0.3 is 0 Å². The van der Waals surface area contributed by atoms with E-state index in [1.807, 2.05) is 56.3 Å². The lowest BCUT2D eigenvalue weighted by atomic mass is 9.88. The molecule has 226 valence electrons. The van der Waals surface area contributed by atoms with E-state index in [1.165, 1.54) is 0 Å². The lowest BCUT2D eigenvalue weighted by molar-refractivity contribution is -0.158. The van der Waals surface area contributed by atoms with Crippen LogP contribution in [0, 0.1) is 0 Å². The van der Waals surface area contributed by atoms with E-state index in [4.69, 9.17) is 28.1 Å². The van der Waals surface area contributed by atoms with Crippen LogP contribution in [0.1, 0.15) is 63.0 Å². The Morgan fingerprint density at radius 1 is 0.833 bits per heavy atom. The second-order valence-corrected chi connectivity index (χ2v) is 18.0. The Labute approximate surface area is 252 Å². The van der Waals surface area contributed by atoms with Gasteiger partial charge in [0.2, 0.25) is 5.79 Å². The molecular weight excluding hydrogens is 544 g/mol. The zero-order chi connectivity index (χ0) is 30.0. The lowest BCUT2D eigenvalue weighted by Gasteiger charge is -2.42. The van der Waals surface area contributed by atoms with Crippen LogP contribution >= 0.6 is 0 Å². The molecule has 0 amide bonds. The van der Waals surface area contributed by atoms with Gasteiger partial charge in [0.15, 0.2) is 14.1 Å². The van der Waals surface area contributed by atoms with E-state index in [9.17, 15) is 0 Å². The van der Waals surface area contributed by atoms with Crippen molar-refractivity contribution >= 4 is 8.32 Å². The maximum absolute atomic E-state index is 7.31. The van der Waals surface area contributed by atoms with Crippen molar-refractivity contribution in [1.82, 2.24) is 0 Å². The predicted molar refractivity (Wildman–Crippen MR) is 167 cm³/mol. The van der Waals surface area contributed by atoms with Crippen molar-refractivity contribution in [3.05, 3.63) is 107 Å². The average molecular weight is 591 g/mol. The molecule has 0 saturated carbocycles. The third-order valence-electron chi connectivity index (χ3n) is 8.61. The van der Waals surface area contributed by atoms with Crippen molar-refractivity contribution in [3.8, 4) is 0 Å². The van der Waals surface area contributed by atoms with Crippen LogP contribution in [-0.2, 0) is 40.5 Å². The van der Waals surface area contributed by atoms with Crippen LogP contribution in [0.5, 0.6) is 0 Å². The number of ether oxygens (including phenoxy) is 5. The van der Waals surface area contributed by atoms with E-state index < -0.39 is 32.1 Å². The maximum Gasteiger partial charge on any atom is 0.222 e. The monoisotopic (exact) mass is 590 g/mol. The molecule has 42 heavy (non-hydrogen) atoms. The molecule has 3 atom stereocenters. The van der Waals surface area contributed by atoms with Gasteiger partial charge in [0.1, 0.15) is 12.2 Å². The van der Waals surface area contributed by atoms with Crippen molar-refractivity contribution in [2.75, 3.05) is 19.8 Å². The summed E-state index contributed by atoms with van der Waals surface area (Å²) in [6, 6.07) is 28.7. The van der Waals surface area contributed by atoms with Gasteiger partial charge in [-0.1, -0.05) is 106 Å². The fraction of sp³-hybridized carbons (Fsp3) is 0.486. The van der Waals surface area contributed by atoms with Crippen molar-refractivity contribution in [2.45, 2.75) is 89.2 Å². The largest absolute Gasteiger partial charge is 0.407 e. The van der Waals surface area contributed by atoms with Crippen molar-refractivity contribution in [3.63, 3.8) is 0 Å². The molecule has 0 aromatic heterocycles. The minimum absolute atomic E-state index is 0.0219. The van der Waals surface area contributed by atoms with Crippen LogP contribution in [0.15, 0.2) is 84.9 Å². The predicted octanol–water partition coefficient (Wildman–Crippen LogP) is 7.73. The SMILES string of the molecule is CC1(C)O[C@@H]([C@H](O[Si](C)(C)C(C)(C)C)c2ccccc2C2(c3ccccc3)OCCO2)[C@H](COCc2ccccc2)O1. The zero-order valence-corrected chi connectivity index (χ0v) is 27.1. The summed E-state index contributed by atoms with van der Waals surface area (Å²) in [7, 11) is -2.30. The average Bonchev–Trinajstić information content (AvgIpc) is 3.57. The van der Waals surface area contributed by atoms with Crippen LogP contribution in [0.25, 0.3) is 0 Å². The highest BCUT2D eigenvalue weighted by Crippen LogP contribution is 2.48. The second-order valence-electron chi connectivity index (χ2n) is 13.2. The van der Waals surface area contributed by atoms with Crippen LogP contribution in [0.2, 0.25) is 18.1 Å². The number of rotatable bonds is 10. The molecule has 2 aliphatic rings. The van der Waals surface area contributed by atoms with E-state index in [1.54, 1.807) is 0 Å². The Kier molecular flexibility index (Phi) is 9.12. The first kappa shape index (κ1) is 31.1. The van der Waals surface area contributed by atoms with E-state index in [2.05, 4.69) is 76.3 Å². The number of hydrogen-bond donors (Lipinski definition) is 0. The molecule has 0 N–H and O–H groups in total. The van der Waals surface area contributed by atoms with Gasteiger partial charge in [-0.3, -0.25) is 0 Å². The Morgan fingerprint density at radius 3 is 2.07 bits per heavy atom. The van der Waals surface area contributed by atoms with Gasteiger partial charge in [0, 0.05) is 11.1 Å². The van der Waals surface area contributed by atoms with Gasteiger partial charge in [-0.05, 0) is 43.1 Å². The molecular formula is C35H46O6Si. The molecule has 2 fully saturated rings. The molecule has 0 bridgehead atoms. The third kappa shape index (κ3) is 6.58. The first-order valence-electron chi connectivity index (χ1n) is 15.0. The van der Waals surface area contributed by atoms with Crippen LogP contribution in [-0.4, -0.2) is 46.1 Å². The van der Waals surface area contributed by atoms with Gasteiger partial charge in [-0.2, -0.15) is 0 Å². The van der Waals surface area contributed by atoms with Gasteiger partial charge in [0.05, 0.1) is 32.5 Å². The van der Waals surface area contributed by atoms with E-state index in [-0.39, 0.29) is 11.1 Å². The number of benzene rings is 3. The Morgan fingerprint density at radius 2 is 1.43 bits per heavy atom. The Balaban J connectivity index is 1.56. The molecule has 0 unspecified atom stereocenters. The quantitative estimate of drug-likeness (QED) is 0.225. The van der Waals surface area contributed by atoms with Crippen LogP contribution in [0.3, 0.4) is 0 Å². The van der Waals surface area contributed by atoms with Gasteiger partial charge in [-0.15, -0.1) is 0 Å². The molecule has 0 aliphatic carbocycles. The first-order valence-corrected chi connectivity index (χ1v) is 17.9. The summed E-state index contributed by atoms with van der Waals surface area (Å²) >= 11 is 0. The molecule has 5 rings (SSSR count). The Bertz CT molecular complexity index is 1300. The van der Waals surface area contributed by atoms with Gasteiger partial charge in [0.25, 0.3) is 0 Å². The molecule has 2 saturated heterocycles. The minimum atomic E-state index is -2.30. The normalized spacial score (nSPS) is 22.7. The summed E-state index contributed by atoms with van der Waals surface area (Å²) in [6.45, 7) is 17.1. The van der Waals surface area contributed by atoms with Gasteiger partial charge in [-0.25, -0.2) is 0 Å². The highest BCUT2D eigenvalue weighted by atomic mass is 28.4. The van der Waals surface area contributed by atoms with Crippen molar-refractivity contribution < 1.29 is 28.1 Å². The minimum Gasteiger partial charge on any atom is -0.407 e. The summed E-state index contributed by atoms with van der Waals surface area (Å²) in [5.41, 5.74) is 3.97. The highest BCUT2D eigenvalue weighted by molar-refractivity contribution is 6.74. The fourth-order valence-corrected chi connectivity index (χ4v) is 6.76. The molecule has 2 aliphatic heterocycles. The molecule has 7 heteroatoms. The first-order chi connectivity index (χ1) is 19.9. The topological polar surface area (TPSA) is 55.4 Å². The van der Waals surface area contributed by atoms with Gasteiger partial charge < -0.3 is 28.1 Å². The molecule has 6 nitrogen and oxygen atoms in total. The molecule has 0 spiro atoms. The molecule has 0 radical (unpaired) electrons. The highest BCUT2D eigenvalue weighted by Gasteiger charge is 2.52. The summed E-state index contributed by atoms with van der Waals surface area (Å²) in [4.78, 5) is 0. The van der Waals surface area contributed by atoms with Crippen LogP contribution < -0.4 is 0 Å². The standard InChI is InChI=1S/C35H46O6Si/c1-33(2,3)42(6,7)41-31(32-30(39-34(4,5)40-32)25-36-24-26-16-10-8-11-17-26)28-20-14-15-21-29(28)35(37-22-23-38-35)27-18-12-9-13-19-27/h8-21,30-32H,22-25H2,1-7H3/t30-,31+,32+/m0/s1. The summed E-state index contributed by atoms with van der Waals surface area (Å²) in [5, 5.41) is -0.0219. The molecule has 3 aromatic rings. The third-order valence-corrected chi connectivity index (χ3v) is 13.1. The summed E-state index contributed by atoms with van der Waals surface area (Å²) in [6.07, 6.45) is -1.20. The number of hydrogen-bond acceptors (Lipinski definition) is 6. The van der Waals surface area contributed by atoms with E-state index >= 15 is 0 Å². The maximum atomic E-state index is 7.31. The second kappa shape index (κ2) is 12.3. The van der Waals surface area contributed by atoms with Crippen LogP contribution in [0.4, 0.5) is 0 Å². The summed E-state index contributed by atoms with van der Waals surface area (Å²) < 4.78 is 39.7. The van der Waals surface area contributed by atoms with Crippen molar-refractivity contribution in [1.29, 1.82) is 0 Å². The van der Waals surface area contributed by atoms with Crippen molar-refractivity contribution in [2.24, 2.45) is 0 Å².